The zero-order chi connectivity index (χ0) is 15.2. The van der Waals surface area contributed by atoms with Crippen molar-refractivity contribution in [2.24, 2.45) is 0 Å². The maximum absolute atomic E-state index is 9.58. The van der Waals surface area contributed by atoms with Crippen molar-refractivity contribution >= 4 is 0 Å². The lowest BCUT2D eigenvalue weighted by molar-refractivity contribution is 0.372. The van der Waals surface area contributed by atoms with E-state index in [1.165, 1.54) is 5.56 Å². The Morgan fingerprint density at radius 1 is 1.05 bits per heavy atom. The van der Waals surface area contributed by atoms with Crippen molar-refractivity contribution in [3.8, 4) is 17.2 Å². The molecule has 4 heteroatoms. The van der Waals surface area contributed by atoms with Gasteiger partial charge in [0.1, 0.15) is 5.75 Å². The van der Waals surface area contributed by atoms with Gasteiger partial charge in [0.2, 0.25) is 0 Å². The summed E-state index contributed by atoms with van der Waals surface area (Å²) in [5.41, 5.74) is 2.26. The molecule has 4 nitrogen and oxygen atoms in total. The smallest absolute Gasteiger partial charge is 0.160 e. The maximum atomic E-state index is 9.58. The van der Waals surface area contributed by atoms with Crippen LogP contribution in [0.4, 0.5) is 0 Å². The molecule has 0 saturated carbocycles. The highest BCUT2D eigenvalue weighted by Gasteiger charge is 2.07. The van der Waals surface area contributed by atoms with Gasteiger partial charge < -0.3 is 19.9 Å². The molecular weight excluding hydrogens is 266 g/mol. The molecule has 2 N–H and O–H groups in total. The van der Waals surface area contributed by atoms with Crippen LogP contribution < -0.4 is 14.8 Å². The first-order valence-electron chi connectivity index (χ1n) is 6.87. The fourth-order valence-corrected chi connectivity index (χ4v) is 2.11. The van der Waals surface area contributed by atoms with Crippen LogP contribution >= 0.6 is 0 Å². The molecule has 0 aliphatic rings. The average molecular weight is 287 g/mol. The molecule has 112 valence electrons. The Morgan fingerprint density at radius 2 is 1.76 bits per heavy atom. The first-order valence-corrected chi connectivity index (χ1v) is 6.87. The van der Waals surface area contributed by atoms with Crippen LogP contribution in [-0.4, -0.2) is 19.3 Å². The molecule has 21 heavy (non-hydrogen) atoms. The molecule has 2 rings (SSSR count). The van der Waals surface area contributed by atoms with E-state index in [9.17, 15) is 5.11 Å². The predicted molar refractivity (Wildman–Crippen MR) is 82.9 cm³/mol. The lowest BCUT2D eigenvalue weighted by Crippen LogP contribution is -2.18. The molecule has 1 unspecified atom stereocenters. The molecule has 0 aliphatic carbocycles. The number of ether oxygens (including phenoxy) is 2. The fraction of sp³-hybridized carbons (Fsp3) is 0.294. The zero-order valence-corrected chi connectivity index (χ0v) is 12.6. The number of nitrogens with one attached hydrogen (secondary N) is 1. The van der Waals surface area contributed by atoms with Crippen molar-refractivity contribution in [1.29, 1.82) is 0 Å². The molecule has 2 aromatic carbocycles. The standard InChI is InChI=1S/C17H21NO3/c1-12(14-5-7-15(20-2)8-6-14)18-11-13-4-9-16(19)17(10-13)21-3/h4-10,12,18-19H,11H2,1-3H3. The third-order valence-electron chi connectivity index (χ3n) is 3.47. The van der Waals surface area contributed by atoms with Crippen molar-refractivity contribution < 1.29 is 14.6 Å². The second-order valence-electron chi connectivity index (χ2n) is 4.88. The van der Waals surface area contributed by atoms with Gasteiger partial charge >= 0.3 is 0 Å². The first kappa shape index (κ1) is 15.2. The highest BCUT2D eigenvalue weighted by Crippen LogP contribution is 2.26. The van der Waals surface area contributed by atoms with Gasteiger partial charge in [0.05, 0.1) is 14.2 Å². The zero-order valence-electron chi connectivity index (χ0n) is 12.6. The lowest BCUT2D eigenvalue weighted by Gasteiger charge is -2.15. The average Bonchev–Trinajstić information content (AvgIpc) is 2.53. The molecule has 0 heterocycles. The number of methoxy groups -OCH3 is 2. The summed E-state index contributed by atoms with van der Waals surface area (Å²) in [6, 6.07) is 13.6. The van der Waals surface area contributed by atoms with E-state index >= 15 is 0 Å². The topological polar surface area (TPSA) is 50.7 Å². The van der Waals surface area contributed by atoms with Gasteiger partial charge in [-0.1, -0.05) is 18.2 Å². The monoisotopic (exact) mass is 287 g/mol. The molecule has 0 spiro atoms. The van der Waals surface area contributed by atoms with Crippen molar-refractivity contribution in [3.05, 3.63) is 53.6 Å². The number of aromatic hydroxyl groups is 1. The van der Waals surface area contributed by atoms with E-state index in [4.69, 9.17) is 9.47 Å². The number of benzene rings is 2. The molecular formula is C17H21NO3. The Kier molecular flexibility index (Phi) is 5.06. The van der Waals surface area contributed by atoms with E-state index in [2.05, 4.69) is 12.2 Å². The van der Waals surface area contributed by atoms with Gasteiger partial charge in [0.15, 0.2) is 11.5 Å². The molecule has 0 aliphatic heterocycles. The Hall–Kier alpha value is -2.20. The highest BCUT2D eigenvalue weighted by molar-refractivity contribution is 5.41. The van der Waals surface area contributed by atoms with Crippen LogP contribution in [0.25, 0.3) is 0 Å². The summed E-state index contributed by atoms with van der Waals surface area (Å²) in [7, 11) is 3.21. The minimum Gasteiger partial charge on any atom is -0.504 e. The van der Waals surface area contributed by atoms with Crippen LogP contribution in [0.2, 0.25) is 0 Å². The van der Waals surface area contributed by atoms with Crippen LogP contribution in [0.3, 0.4) is 0 Å². The SMILES string of the molecule is COc1ccc(C(C)NCc2ccc(O)c(OC)c2)cc1. The van der Waals surface area contributed by atoms with E-state index in [1.54, 1.807) is 20.3 Å². The molecule has 0 radical (unpaired) electrons. The van der Waals surface area contributed by atoms with Gasteiger partial charge in [0, 0.05) is 12.6 Å². The van der Waals surface area contributed by atoms with Crippen LogP contribution in [0.1, 0.15) is 24.1 Å². The van der Waals surface area contributed by atoms with Crippen molar-refractivity contribution in [2.75, 3.05) is 14.2 Å². The summed E-state index contributed by atoms with van der Waals surface area (Å²) >= 11 is 0. The summed E-state index contributed by atoms with van der Waals surface area (Å²) in [6.07, 6.45) is 0. The molecule has 1 atom stereocenters. The Bertz CT molecular complexity index is 581. The normalized spacial score (nSPS) is 12.0. The van der Waals surface area contributed by atoms with Crippen molar-refractivity contribution in [2.45, 2.75) is 19.5 Å². The van der Waals surface area contributed by atoms with E-state index in [1.807, 2.05) is 36.4 Å². The summed E-state index contributed by atoms with van der Waals surface area (Å²) < 4.78 is 10.3. The van der Waals surface area contributed by atoms with Gasteiger partial charge in [0.25, 0.3) is 0 Å². The van der Waals surface area contributed by atoms with E-state index < -0.39 is 0 Å². The summed E-state index contributed by atoms with van der Waals surface area (Å²) in [4.78, 5) is 0. The number of phenols is 1. The highest BCUT2D eigenvalue weighted by atomic mass is 16.5. The van der Waals surface area contributed by atoms with Gasteiger partial charge in [-0.25, -0.2) is 0 Å². The first-order chi connectivity index (χ1) is 10.1. The number of hydrogen-bond acceptors (Lipinski definition) is 4. The number of rotatable bonds is 6. The molecule has 0 bridgehead atoms. The van der Waals surface area contributed by atoms with Gasteiger partial charge in [-0.05, 0) is 42.3 Å². The third-order valence-corrected chi connectivity index (χ3v) is 3.47. The molecule has 0 fully saturated rings. The van der Waals surface area contributed by atoms with E-state index in [0.29, 0.717) is 12.3 Å². The van der Waals surface area contributed by atoms with Crippen LogP contribution in [-0.2, 0) is 6.54 Å². The Morgan fingerprint density at radius 3 is 2.38 bits per heavy atom. The van der Waals surface area contributed by atoms with E-state index in [0.717, 1.165) is 11.3 Å². The Labute approximate surface area is 125 Å². The van der Waals surface area contributed by atoms with Crippen molar-refractivity contribution in [1.82, 2.24) is 5.32 Å². The summed E-state index contributed by atoms with van der Waals surface area (Å²) in [5.74, 6) is 1.50. The maximum Gasteiger partial charge on any atom is 0.160 e. The van der Waals surface area contributed by atoms with Gasteiger partial charge in [-0.15, -0.1) is 0 Å². The molecule has 0 saturated heterocycles. The molecule has 0 amide bonds. The van der Waals surface area contributed by atoms with Gasteiger partial charge in [-0.3, -0.25) is 0 Å². The quantitative estimate of drug-likeness (QED) is 0.856. The minimum atomic E-state index is 0.157. The second-order valence-corrected chi connectivity index (χ2v) is 4.88. The van der Waals surface area contributed by atoms with Crippen LogP contribution in [0.5, 0.6) is 17.2 Å². The van der Waals surface area contributed by atoms with Crippen molar-refractivity contribution in [3.63, 3.8) is 0 Å². The predicted octanol–water partition coefficient (Wildman–Crippen LogP) is 3.26. The second kappa shape index (κ2) is 6.99. The van der Waals surface area contributed by atoms with E-state index in [-0.39, 0.29) is 11.8 Å². The molecule has 2 aromatic rings. The van der Waals surface area contributed by atoms with Crippen LogP contribution in [0, 0.1) is 0 Å². The number of phenolic OH excluding ortho intramolecular Hbond substituents is 1. The largest absolute Gasteiger partial charge is 0.504 e. The van der Waals surface area contributed by atoms with Gasteiger partial charge in [-0.2, -0.15) is 0 Å². The Balaban J connectivity index is 1.98. The number of hydrogen-bond donors (Lipinski definition) is 2. The molecule has 0 aromatic heterocycles. The summed E-state index contributed by atoms with van der Waals surface area (Å²) in [6.45, 7) is 2.81. The fourth-order valence-electron chi connectivity index (χ4n) is 2.11. The lowest BCUT2D eigenvalue weighted by atomic mass is 10.1. The third kappa shape index (κ3) is 3.89. The minimum absolute atomic E-state index is 0.157. The summed E-state index contributed by atoms with van der Waals surface area (Å²) in [5, 5.41) is 13.0. The van der Waals surface area contributed by atoms with Crippen LogP contribution in [0.15, 0.2) is 42.5 Å².